The highest BCUT2D eigenvalue weighted by Gasteiger charge is 2.53. The number of anilines is 1. The van der Waals surface area contributed by atoms with Gasteiger partial charge in [0.1, 0.15) is 23.2 Å². The molecule has 4 heterocycles. The summed E-state index contributed by atoms with van der Waals surface area (Å²) < 4.78 is 12.7. The van der Waals surface area contributed by atoms with Crippen molar-refractivity contribution < 1.29 is 29.0 Å². The van der Waals surface area contributed by atoms with Gasteiger partial charge in [-0.05, 0) is 42.5 Å². The maximum absolute atomic E-state index is 14.7. The molecule has 0 bridgehead atoms. The lowest BCUT2D eigenvalue weighted by Gasteiger charge is -2.42. The van der Waals surface area contributed by atoms with E-state index in [4.69, 9.17) is 21.1 Å². The number of urea groups is 1. The van der Waals surface area contributed by atoms with Crippen LogP contribution in [-0.4, -0.2) is 104 Å². The van der Waals surface area contributed by atoms with E-state index < -0.39 is 22.9 Å². The van der Waals surface area contributed by atoms with Gasteiger partial charge in [0.25, 0.3) is 5.91 Å². The number of aliphatic imine (C=N–C) groups is 1. The monoisotopic (exact) mass is 752 g/mol. The maximum atomic E-state index is 14.7. The van der Waals surface area contributed by atoms with Crippen molar-refractivity contribution in [2.24, 2.45) is 12.0 Å². The predicted molar refractivity (Wildman–Crippen MR) is 203 cm³/mol. The van der Waals surface area contributed by atoms with E-state index in [9.17, 15) is 19.5 Å². The van der Waals surface area contributed by atoms with E-state index in [2.05, 4.69) is 27.2 Å². The molecule has 1 spiro atoms. The first-order valence-corrected chi connectivity index (χ1v) is 18.6. The van der Waals surface area contributed by atoms with E-state index in [1.165, 1.54) is 6.07 Å². The molecule has 3 fully saturated rings. The Morgan fingerprint density at radius 1 is 0.981 bits per heavy atom. The summed E-state index contributed by atoms with van der Waals surface area (Å²) in [4.78, 5) is 49.1. The third kappa shape index (κ3) is 7.96. The summed E-state index contributed by atoms with van der Waals surface area (Å²) >= 11 is 7.74. The number of benzene rings is 3. The number of nitrogens with one attached hydrogen (secondary N) is 1. The zero-order chi connectivity index (χ0) is 37.0. The number of halogens is 1. The number of rotatable bonds is 5. The Morgan fingerprint density at radius 2 is 1.70 bits per heavy atom. The first kappa shape index (κ1) is 36.2. The number of phenolic OH excluding ortho intramolecular Hbond substituents is 1. The van der Waals surface area contributed by atoms with Crippen LogP contribution in [-0.2, 0) is 26.1 Å². The molecule has 3 saturated heterocycles. The number of morpholine rings is 1. The van der Waals surface area contributed by atoms with Crippen molar-refractivity contribution in [3.8, 4) is 28.8 Å². The number of amides is 4. The molecule has 14 heteroatoms. The van der Waals surface area contributed by atoms with Crippen LogP contribution in [0.5, 0.6) is 5.75 Å². The molecule has 0 saturated carbocycles. The van der Waals surface area contributed by atoms with Crippen LogP contribution < -0.4 is 5.32 Å². The molecule has 4 amide bonds. The number of aryl methyl sites for hydroxylation is 1. The summed E-state index contributed by atoms with van der Waals surface area (Å²) in [6.45, 7) is 2.45. The minimum Gasteiger partial charge on any atom is -0.507 e. The van der Waals surface area contributed by atoms with Gasteiger partial charge in [-0.1, -0.05) is 53.8 Å². The van der Waals surface area contributed by atoms with Crippen molar-refractivity contribution in [2.45, 2.75) is 23.8 Å². The molecule has 7 rings (SSSR count). The van der Waals surface area contributed by atoms with Gasteiger partial charge in [-0.25, -0.2) is 4.79 Å². The summed E-state index contributed by atoms with van der Waals surface area (Å²) in [6.07, 6.45) is 2.84. The first-order chi connectivity index (χ1) is 25.7. The molecule has 0 aliphatic carbocycles. The molecule has 3 aliphatic rings. The molecular formula is C39H37ClN6O6S. The zero-order valence-corrected chi connectivity index (χ0v) is 30.5. The highest BCUT2D eigenvalue weighted by atomic mass is 35.5. The van der Waals surface area contributed by atoms with E-state index in [1.807, 2.05) is 6.07 Å². The molecule has 1 aromatic heterocycles. The largest absolute Gasteiger partial charge is 0.507 e. The summed E-state index contributed by atoms with van der Waals surface area (Å²) in [6, 6.07) is 19.4. The fraction of sp³-hybridized carbons (Fsp3) is 0.308. The van der Waals surface area contributed by atoms with E-state index >= 15 is 0 Å². The molecule has 0 unspecified atom stereocenters. The van der Waals surface area contributed by atoms with E-state index in [0.29, 0.717) is 96.8 Å². The average Bonchev–Trinajstić information content (AvgIpc) is 3.74. The minimum atomic E-state index is -0.829. The molecule has 0 radical (unpaired) electrons. The average molecular weight is 753 g/mol. The summed E-state index contributed by atoms with van der Waals surface area (Å²) in [5, 5.41) is 18.4. The molecule has 1 atom stereocenters. The van der Waals surface area contributed by atoms with Gasteiger partial charge < -0.3 is 29.7 Å². The van der Waals surface area contributed by atoms with Crippen molar-refractivity contribution in [3.05, 3.63) is 101 Å². The number of carbonyl (C=O) groups excluding carboxylic acids is 3. The third-order valence-corrected chi connectivity index (χ3v) is 11.2. The van der Waals surface area contributed by atoms with Crippen LogP contribution in [0.15, 0.2) is 84.0 Å². The van der Waals surface area contributed by atoms with Gasteiger partial charge >= 0.3 is 6.03 Å². The van der Waals surface area contributed by atoms with E-state index in [-0.39, 0.29) is 17.4 Å². The number of hydrogen-bond donors (Lipinski definition) is 2. The van der Waals surface area contributed by atoms with Crippen molar-refractivity contribution in [3.63, 3.8) is 0 Å². The molecule has 2 N–H and O–H groups in total. The lowest BCUT2D eigenvalue weighted by atomic mass is 10.0. The number of hydrogen-bond acceptors (Lipinski definition) is 8. The van der Waals surface area contributed by atoms with Crippen molar-refractivity contribution >= 4 is 52.6 Å². The van der Waals surface area contributed by atoms with Crippen molar-refractivity contribution in [1.29, 1.82) is 0 Å². The minimum absolute atomic E-state index is 0.00136. The quantitative estimate of drug-likeness (QED) is 0.210. The summed E-state index contributed by atoms with van der Waals surface area (Å²) in [5.41, 5.74) is 3.32. The topological polar surface area (TPSA) is 139 Å². The standard InChI is InChI=1S/C39H37ClN6O6S/c1-44-24-28(34(43-44)31-23-29(40)11-14-33(31)47)10-7-26-8-12-30(13-9-26)41-36(48)32-25-53-39(15-19-51-20-16-39)46(32)37(49)35(27-5-3-2-4-6-27)42-38(50)45-17-21-52-22-18-45/h2-6,8-9,11-14,23-24,32,47H,15-22,25H2,1H3,(H,41,48)/b42-35+/t32-/m0/s1. The first-order valence-electron chi connectivity index (χ1n) is 17.2. The Labute approximate surface area is 316 Å². The number of aromatic hydroxyl groups is 1. The van der Waals surface area contributed by atoms with Gasteiger partial charge in [-0.3, -0.25) is 14.3 Å². The fourth-order valence-electron chi connectivity index (χ4n) is 6.60. The smallest absolute Gasteiger partial charge is 0.344 e. The Hall–Kier alpha value is -5.13. The molecule has 4 aromatic rings. The predicted octanol–water partition coefficient (Wildman–Crippen LogP) is 5.18. The van der Waals surface area contributed by atoms with Crippen LogP contribution in [0.2, 0.25) is 5.02 Å². The molecule has 3 aromatic carbocycles. The normalized spacial score (nSPS) is 18.4. The Bertz CT molecular complexity index is 2100. The lowest BCUT2D eigenvalue weighted by molar-refractivity contribution is -0.137. The number of aromatic nitrogens is 2. The molecule has 3 aliphatic heterocycles. The third-order valence-electron chi connectivity index (χ3n) is 9.33. The summed E-state index contributed by atoms with van der Waals surface area (Å²) in [7, 11) is 1.77. The zero-order valence-electron chi connectivity index (χ0n) is 29.0. The van der Waals surface area contributed by atoms with Gasteiger partial charge in [0.15, 0.2) is 0 Å². The van der Waals surface area contributed by atoms with Crippen LogP contribution in [0.3, 0.4) is 0 Å². The van der Waals surface area contributed by atoms with Gasteiger partial charge in [0, 0.05) is 85.5 Å². The summed E-state index contributed by atoms with van der Waals surface area (Å²) in [5.74, 6) is 5.86. The fourth-order valence-corrected chi connectivity index (χ4v) is 8.35. The van der Waals surface area contributed by atoms with E-state index in [0.717, 1.165) is 0 Å². The van der Waals surface area contributed by atoms with Crippen molar-refractivity contribution in [2.75, 3.05) is 50.6 Å². The molecule has 272 valence electrons. The Morgan fingerprint density at radius 3 is 2.43 bits per heavy atom. The van der Waals surface area contributed by atoms with Gasteiger partial charge in [-0.2, -0.15) is 10.1 Å². The van der Waals surface area contributed by atoms with Crippen LogP contribution >= 0.6 is 23.4 Å². The van der Waals surface area contributed by atoms with Crippen LogP contribution in [0.1, 0.15) is 29.5 Å². The van der Waals surface area contributed by atoms with E-state index in [1.54, 1.807) is 100 Å². The number of nitrogens with zero attached hydrogens (tertiary/aromatic N) is 5. The lowest BCUT2D eigenvalue weighted by Crippen LogP contribution is -2.57. The van der Waals surface area contributed by atoms with Gasteiger partial charge in [0.05, 0.1) is 23.6 Å². The van der Waals surface area contributed by atoms with Crippen LogP contribution in [0, 0.1) is 11.8 Å². The number of ether oxygens (including phenoxy) is 2. The Balaban J connectivity index is 1.13. The molecule has 53 heavy (non-hydrogen) atoms. The van der Waals surface area contributed by atoms with Crippen LogP contribution in [0.4, 0.5) is 10.5 Å². The molecular weight excluding hydrogens is 716 g/mol. The van der Waals surface area contributed by atoms with Crippen molar-refractivity contribution in [1.82, 2.24) is 19.6 Å². The maximum Gasteiger partial charge on any atom is 0.344 e. The number of carbonyl (C=O) groups is 3. The highest BCUT2D eigenvalue weighted by Crippen LogP contribution is 2.47. The second kappa shape index (κ2) is 15.9. The van der Waals surface area contributed by atoms with Gasteiger partial charge in [-0.15, -0.1) is 11.8 Å². The van der Waals surface area contributed by atoms with Crippen LogP contribution in [0.25, 0.3) is 11.3 Å². The number of phenols is 1. The second-order valence-electron chi connectivity index (χ2n) is 12.8. The molecule has 12 nitrogen and oxygen atoms in total. The highest BCUT2D eigenvalue weighted by molar-refractivity contribution is 8.01. The Kier molecular flexibility index (Phi) is 10.8. The van der Waals surface area contributed by atoms with Gasteiger partial charge in [0.2, 0.25) is 5.91 Å². The SMILES string of the molecule is Cn1cc(C#Cc2ccc(NC(=O)[C@@H]3CSC4(CCOCC4)N3C(=O)/C(=N/C(=O)N3CCOCC3)c3ccccc3)cc2)c(-c2cc(Cl)ccc2O)n1. The number of thioether (sulfide) groups is 1. The second-order valence-corrected chi connectivity index (χ2v) is 14.6.